The van der Waals surface area contributed by atoms with E-state index in [1.54, 1.807) is 0 Å². The molecule has 1 aliphatic heterocycles. The number of carbonyl (C=O) groups is 2. The molecule has 0 amide bonds. The van der Waals surface area contributed by atoms with E-state index in [0.717, 1.165) is 24.0 Å². The molecule has 0 saturated carbocycles. The summed E-state index contributed by atoms with van der Waals surface area (Å²) in [6.07, 6.45) is 1.20. The summed E-state index contributed by atoms with van der Waals surface area (Å²) in [7, 11) is 0. The van der Waals surface area contributed by atoms with E-state index >= 15 is 0 Å². The van der Waals surface area contributed by atoms with Gasteiger partial charge in [-0.2, -0.15) is 0 Å². The van der Waals surface area contributed by atoms with Crippen molar-refractivity contribution in [2.75, 3.05) is 6.61 Å². The molecule has 0 aromatic heterocycles. The molecule has 2 rings (SSSR count). The zero-order valence-corrected chi connectivity index (χ0v) is 13.4. The van der Waals surface area contributed by atoms with Crippen LogP contribution in [-0.2, 0) is 19.1 Å². The van der Waals surface area contributed by atoms with Crippen LogP contribution in [0.1, 0.15) is 40.0 Å². The lowest BCUT2D eigenvalue weighted by molar-refractivity contribution is -0.141. The first kappa shape index (κ1) is 16.7. The van der Waals surface area contributed by atoms with Crippen molar-refractivity contribution in [3.63, 3.8) is 0 Å². The third-order valence-electron chi connectivity index (χ3n) is 4.60. The van der Waals surface area contributed by atoms with Gasteiger partial charge in [-0.1, -0.05) is 19.1 Å². The summed E-state index contributed by atoms with van der Waals surface area (Å²) < 4.78 is 10.2. The SMILES string of the molecule is C=C1C(=O)O[C@H]2CC(C)=C([C@@H](C)CCCOC(C)=O)[C@H](O)[C@@H]12. The fourth-order valence-corrected chi connectivity index (χ4v) is 3.55. The Kier molecular flexibility index (Phi) is 5.06. The Morgan fingerprint density at radius 2 is 2.23 bits per heavy atom. The monoisotopic (exact) mass is 308 g/mol. The largest absolute Gasteiger partial charge is 0.466 e. The molecule has 5 heteroatoms. The van der Waals surface area contributed by atoms with E-state index in [-0.39, 0.29) is 23.9 Å². The number of rotatable bonds is 5. The van der Waals surface area contributed by atoms with Gasteiger partial charge >= 0.3 is 11.9 Å². The van der Waals surface area contributed by atoms with Crippen LogP contribution in [0, 0.1) is 11.8 Å². The van der Waals surface area contributed by atoms with Crippen molar-refractivity contribution in [3.8, 4) is 0 Å². The molecule has 0 unspecified atom stereocenters. The van der Waals surface area contributed by atoms with Crippen LogP contribution in [0.2, 0.25) is 0 Å². The minimum absolute atomic E-state index is 0.162. The molecule has 0 aromatic carbocycles. The summed E-state index contributed by atoms with van der Waals surface area (Å²) in [5, 5.41) is 10.7. The highest BCUT2D eigenvalue weighted by atomic mass is 16.6. The van der Waals surface area contributed by atoms with E-state index < -0.39 is 12.1 Å². The van der Waals surface area contributed by atoms with E-state index in [1.807, 2.05) is 6.92 Å². The maximum atomic E-state index is 11.6. The predicted octanol–water partition coefficient (Wildman–Crippen LogP) is 2.14. The van der Waals surface area contributed by atoms with Crippen LogP contribution in [0.4, 0.5) is 0 Å². The second-order valence-electron chi connectivity index (χ2n) is 6.26. The van der Waals surface area contributed by atoms with Gasteiger partial charge in [-0.3, -0.25) is 4.79 Å². The molecular weight excluding hydrogens is 284 g/mol. The van der Waals surface area contributed by atoms with Crippen molar-refractivity contribution in [1.82, 2.24) is 0 Å². The molecule has 1 saturated heterocycles. The second kappa shape index (κ2) is 6.65. The van der Waals surface area contributed by atoms with E-state index in [0.29, 0.717) is 18.6 Å². The summed E-state index contributed by atoms with van der Waals surface area (Å²) in [5.41, 5.74) is 2.43. The fraction of sp³-hybridized carbons (Fsp3) is 0.647. The quantitative estimate of drug-likeness (QED) is 0.364. The summed E-state index contributed by atoms with van der Waals surface area (Å²) in [4.78, 5) is 22.4. The fourth-order valence-electron chi connectivity index (χ4n) is 3.55. The van der Waals surface area contributed by atoms with Crippen LogP contribution >= 0.6 is 0 Å². The number of esters is 2. The van der Waals surface area contributed by atoms with Crippen molar-refractivity contribution in [1.29, 1.82) is 0 Å². The maximum Gasteiger partial charge on any atom is 0.334 e. The van der Waals surface area contributed by atoms with Gasteiger partial charge in [0.05, 0.1) is 18.6 Å². The van der Waals surface area contributed by atoms with Gasteiger partial charge in [-0.25, -0.2) is 4.79 Å². The number of aliphatic hydroxyl groups is 1. The highest BCUT2D eigenvalue weighted by molar-refractivity contribution is 5.91. The van der Waals surface area contributed by atoms with Crippen molar-refractivity contribution >= 4 is 11.9 Å². The molecule has 0 aromatic rings. The number of hydrogen-bond acceptors (Lipinski definition) is 5. The molecular formula is C17H24O5. The number of ether oxygens (including phenoxy) is 2. The van der Waals surface area contributed by atoms with Gasteiger partial charge in [0.25, 0.3) is 0 Å². The Bertz CT molecular complexity index is 519. The van der Waals surface area contributed by atoms with Gasteiger partial charge in [0.1, 0.15) is 6.10 Å². The summed E-state index contributed by atoms with van der Waals surface area (Å²) in [6, 6.07) is 0. The average molecular weight is 308 g/mol. The predicted molar refractivity (Wildman–Crippen MR) is 80.9 cm³/mol. The highest BCUT2D eigenvalue weighted by Gasteiger charge is 2.47. The highest BCUT2D eigenvalue weighted by Crippen LogP contribution is 2.43. The van der Waals surface area contributed by atoms with Gasteiger partial charge < -0.3 is 14.6 Å². The van der Waals surface area contributed by atoms with E-state index in [2.05, 4.69) is 13.5 Å². The van der Waals surface area contributed by atoms with Crippen molar-refractivity contribution < 1.29 is 24.2 Å². The minimum atomic E-state index is -0.721. The Labute approximate surface area is 131 Å². The van der Waals surface area contributed by atoms with Gasteiger partial charge in [-0.05, 0) is 31.3 Å². The lowest BCUT2D eigenvalue weighted by Gasteiger charge is -2.35. The second-order valence-corrected chi connectivity index (χ2v) is 6.26. The molecule has 22 heavy (non-hydrogen) atoms. The third-order valence-corrected chi connectivity index (χ3v) is 4.60. The van der Waals surface area contributed by atoms with E-state index in [1.165, 1.54) is 6.92 Å². The molecule has 122 valence electrons. The molecule has 0 bridgehead atoms. The first-order chi connectivity index (χ1) is 10.3. The van der Waals surface area contributed by atoms with Crippen LogP contribution in [0.5, 0.6) is 0 Å². The summed E-state index contributed by atoms with van der Waals surface area (Å²) >= 11 is 0. The van der Waals surface area contributed by atoms with Crippen LogP contribution in [0.15, 0.2) is 23.3 Å². The van der Waals surface area contributed by atoms with Gasteiger partial charge in [0.2, 0.25) is 0 Å². The summed E-state index contributed by atoms with van der Waals surface area (Å²) in [5.74, 6) is -0.843. The molecule has 5 nitrogen and oxygen atoms in total. The molecule has 1 fully saturated rings. The molecule has 2 aliphatic rings. The zero-order valence-electron chi connectivity index (χ0n) is 13.4. The standard InChI is InChI=1S/C17H24O5/c1-9(6-5-7-21-12(4)18)14-10(2)8-13-15(16(14)19)11(3)17(20)22-13/h9,13,15-16,19H,3,5-8H2,1-2,4H3/t9-,13-,15-,16-/m0/s1. The average Bonchev–Trinajstić information content (AvgIpc) is 2.69. The first-order valence-corrected chi connectivity index (χ1v) is 7.73. The normalized spacial score (nSPS) is 29.2. The third kappa shape index (κ3) is 3.24. The smallest absolute Gasteiger partial charge is 0.334 e. The Morgan fingerprint density at radius 1 is 1.55 bits per heavy atom. The van der Waals surface area contributed by atoms with Crippen LogP contribution in [-0.4, -0.2) is 35.9 Å². The lowest BCUT2D eigenvalue weighted by Crippen LogP contribution is -2.37. The molecule has 1 N–H and O–H groups in total. The Balaban J connectivity index is 2.03. The van der Waals surface area contributed by atoms with Gasteiger partial charge in [0.15, 0.2) is 0 Å². The van der Waals surface area contributed by atoms with Gasteiger partial charge in [0, 0.05) is 18.9 Å². The van der Waals surface area contributed by atoms with Crippen molar-refractivity contribution in [3.05, 3.63) is 23.3 Å². The van der Waals surface area contributed by atoms with E-state index in [4.69, 9.17) is 9.47 Å². The van der Waals surface area contributed by atoms with Crippen LogP contribution in [0.25, 0.3) is 0 Å². The van der Waals surface area contributed by atoms with Crippen molar-refractivity contribution in [2.24, 2.45) is 11.8 Å². The molecule has 1 aliphatic carbocycles. The molecule has 4 atom stereocenters. The number of hydrogen-bond donors (Lipinski definition) is 1. The molecule has 0 radical (unpaired) electrons. The lowest BCUT2D eigenvalue weighted by atomic mass is 9.73. The number of carbonyl (C=O) groups excluding carboxylic acids is 2. The van der Waals surface area contributed by atoms with Crippen molar-refractivity contribution in [2.45, 2.75) is 52.2 Å². The minimum Gasteiger partial charge on any atom is -0.466 e. The van der Waals surface area contributed by atoms with Crippen LogP contribution < -0.4 is 0 Å². The Morgan fingerprint density at radius 3 is 2.86 bits per heavy atom. The maximum absolute atomic E-state index is 11.6. The molecule has 1 heterocycles. The first-order valence-electron chi connectivity index (χ1n) is 7.73. The van der Waals surface area contributed by atoms with E-state index in [9.17, 15) is 14.7 Å². The summed E-state index contributed by atoms with van der Waals surface area (Å²) in [6.45, 7) is 9.58. The topological polar surface area (TPSA) is 72.8 Å². The molecule has 0 spiro atoms. The number of fused-ring (bicyclic) bond motifs is 1. The number of aliphatic hydroxyl groups excluding tert-OH is 1. The zero-order chi connectivity index (χ0) is 16.4. The Hall–Kier alpha value is -1.62. The van der Waals surface area contributed by atoms with Crippen LogP contribution in [0.3, 0.4) is 0 Å². The van der Waals surface area contributed by atoms with Gasteiger partial charge in [-0.15, -0.1) is 0 Å².